The molecule has 1 amide bonds. The van der Waals surface area contributed by atoms with Gasteiger partial charge < -0.3 is 24.3 Å². The highest BCUT2D eigenvalue weighted by molar-refractivity contribution is 14.0. The van der Waals surface area contributed by atoms with Gasteiger partial charge in [-0.25, -0.2) is 0 Å². The van der Waals surface area contributed by atoms with Crippen molar-refractivity contribution in [2.24, 2.45) is 4.99 Å². The van der Waals surface area contributed by atoms with Crippen LogP contribution in [0.15, 0.2) is 52.1 Å². The lowest BCUT2D eigenvalue weighted by molar-refractivity contribution is -0.176. The molecule has 2 aromatic rings. The second-order valence-corrected chi connectivity index (χ2v) is 7.09. The third kappa shape index (κ3) is 7.69. The van der Waals surface area contributed by atoms with Crippen molar-refractivity contribution < 1.29 is 27.1 Å². The Morgan fingerprint density at radius 2 is 1.81 bits per heavy atom. The molecule has 11 heteroatoms. The average molecular weight is 566 g/mol. The summed E-state index contributed by atoms with van der Waals surface area (Å²) in [6.45, 7) is 1.43. The fourth-order valence-corrected chi connectivity index (χ4v) is 3.30. The fraction of sp³-hybridized carbons (Fsp3) is 0.429. The summed E-state index contributed by atoms with van der Waals surface area (Å²) in [7, 11) is 1.68. The normalized spacial score (nSPS) is 14.8. The zero-order chi connectivity index (χ0) is 22.3. The third-order valence-corrected chi connectivity index (χ3v) is 4.79. The summed E-state index contributed by atoms with van der Waals surface area (Å²) >= 11 is 0. The van der Waals surface area contributed by atoms with E-state index in [1.165, 1.54) is 6.26 Å². The van der Waals surface area contributed by atoms with Gasteiger partial charge in [-0.2, -0.15) is 13.2 Å². The summed E-state index contributed by atoms with van der Waals surface area (Å²) in [5, 5.41) is 3.27. The summed E-state index contributed by atoms with van der Waals surface area (Å²) in [5.41, 5.74) is 1.57. The number of aliphatic imine (C=N–C) groups is 1. The summed E-state index contributed by atoms with van der Waals surface area (Å²) in [5.74, 6) is 0.899. The first-order chi connectivity index (χ1) is 14.9. The molecule has 0 aliphatic carbocycles. The largest absolute Gasteiger partial charge is 0.459 e. The number of guanidine groups is 1. The number of ether oxygens (including phenoxy) is 1. The molecule has 2 heterocycles. The Hall–Kier alpha value is -2.28. The Balaban J connectivity index is 0.00000363. The van der Waals surface area contributed by atoms with Gasteiger partial charge in [0.2, 0.25) is 0 Å². The van der Waals surface area contributed by atoms with Crippen molar-refractivity contribution in [3.05, 3.63) is 59.5 Å². The van der Waals surface area contributed by atoms with E-state index in [9.17, 15) is 18.0 Å². The summed E-state index contributed by atoms with van der Waals surface area (Å²) in [4.78, 5) is 20.5. The van der Waals surface area contributed by atoms with Crippen LogP contribution < -0.4 is 5.32 Å². The molecule has 176 valence electrons. The van der Waals surface area contributed by atoms with Gasteiger partial charge in [0.15, 0.2) is 11.7 Å². The number of rotatable bonds is 6. The number of hydrogen-bond acceptors (Lipinski definition) is 4. The standard InChI is InChI=1S/C21H25F3N4O3.HI/c1-25-20(28-9-7-27(8-10-28)19(29)18-6-3-11-31-18)26-13-16-4-2-5-17(12-16)14-30-15-21(22,23)24;/h2-6,11-12H,7-10,13-15H2,1H3,(H,25,26);1H. The monoisotopic (exact) mass is 566 g/mol. The van der Waals surface area contributed by atoms with Crippen molar-refractivity contribution in [1.82, 2.24) is 15.1 Å². The smallest absolute Gasteiger partial charge is 0.411 e. The van der Waals surface area contributed by atoms with Gasteiger partial charge in [-0.05, 0) is 23.3 Å². The molecule has 1 aromatic heterocycles. The van der Waals surface area contributed by atoms with E-state index in [0.29, 0.717) is 50.0 Å². The molecule has 0 atom stereocenters. The number of nitrogens with zero attached hydrogens (tertiary/aromatic N) is 3. The number of benzene rings is 1. The lowest BCUT2D eigenvalue weighted by atomic mass is 10.1. The molecule has 3 rings (SSSR count). The maximum Gasteiger partial charge on any atom is 0.411 e. The minimum absolute atomic E-state index is 0. The van der Waals surface area contributed by atoms with Crippen LogP contribution in [0.3, 0.4) is 0 Å². The zero-order valence-corrected chi connectivity index (χ0v) is 19.9. The van der Waals surface area contributed by atoms with Crippen LogP contribution in [0, 0.1) is 0 Å². The van der Waals surface area contributed by atoms with Gasteiger partial charge in [-0.1, -0.05) is 24.3 Å². The molecule has 0 unspecified atom stereocenters. The van der Waals surface area contributed by atoms with E-state index in [2.05, 4.69) is 15.2 Å². The van der Waals surface area contributed by atoms with E-state index in [-0.39, 0.29) is 36.5 Å². The molecule has 0 spiro atoms. The van der Waals surface area contributed by atoms with Crippen molar-refractivity contribution >= 4 is 35.8 Å². The molecule has 1 aliphatic heterocycles. The van der Waals surface area contributed by atoms with Crippen LogP contribution >= 0.6 is 24.0 Å². The Bertz CT molecular complexity index is 883. The van der Waals surface area contributed by atoms with E-state index in [1.54, 1.807) is 42.3 Å². The third-order valence-electron chi connectivity index (χ3n) is 4.79. The zero-order valence-electron chi connectivity index (χ0n) is 17.6. The lowest BCUT2D eigenvalue weighted by Gasteiger charge is -2.36. The quantitative estimate of drug-likeness (QED) is 0.330. The van der Waals surface area contributed by atoms with Gasteiger partial charge in [0.25, 0.3) is 5.91 Å². The average Bonchev–Trinajstić information content (AvgIpc) is 3.28. The first-order valence-electron chi connectivity index (χ1n) is 9.86. The second-order valence-electron chi connectivity index (χ2n) is 7.09. The van der Waals surface area contributed by atoms with Crippen LogP contribution in [0.5, 0.6) is 0 Å². The van der Waals surface area contributed by atoms with E-state index < -0.39 is 12.8 Å². The first kappa shape index (κ1) is 26.0. The SMILES string of the molecule is CN=C(NCc1cccc(COCC(F)(F)F)c1)N1CCN(C(=O)c2ccco2)CC1.I. The number of halogens is 4. The van der Waals surface area contributed by atoms with Crippen LogP contribution in [-0.2, 0) is 17.9 Å². The second kappa shape index (κ2) is 12.1. The number of amides is 1. The lowest BCUT2D eigenvalue weighted by Crippen LogP contribution is -2.53. The molecule has 0 bridgehead atoms. The number of alkyl halides is 3. The van der Waals surface area contributed by atoms with Gasteiger partial charge in [0.05, 0.1) is 12.9 Å². The van der Waals surface area contributed by atoms with Crippen LogP contribution in [0.1, 0.15) is 21.7 Å². The van der Waals surface area contributed by atoms with E-state index >= 15 is 0 Å². The van der Waals surface area contributed by atoms with Crippen LogP contribution in [0.4, 0.5) is 13.2 Å². The molecule has 1 N–H and O–H groups in total. The number of carbonyl (C=O) groups is 1. The molecule has 1 aromatic carbocycles. The Morgan fingerprint density at radius 1 is 1.12 bits per heavy atom. The number of furan rings is 1. The number of carbonyl (C=O) groups excluding carboxylic acids is 1. The van der Waals surface area contributed by atoms with Gasteiger partial charge in [-0.3, -0.25) is 9.79 Å². The molecule has 1 saturated heterocycles. The maximum atomic E-state index is 12.4. The Labute approximate surface area is 201 Å². The highest BCUT2D eigenvalue weighted by atomic mass is 127. The molecular weight excluding hydrogens is 540 g/mol. The van der Waals surface area contributed by atoms with Crippen molar-refractivity contribution in [3.63, 3.8) is 0 Å². The molecule has 32 heavy (non-hydrogen) atoms. The Kier molecular flexibility index (Phi) is 9.82. The Morgan fingerprint density at radius 3 is 2.44 bits per heavy atom. The summed E-state index contributed by atoms with van der Waals surface area (Å²) < 4.78 is 46.6. The van der Waals surface area contributed by atoms with Gasteiger partial charge >= 0.3 is 6.18 Å². The van der Waals surface area contributed by atoms with Crippen molar-refractivity contribution in [2.75, 3.05) is 39.8 Å². The van der Waals surface area contributed by atoms with E-state index in [4.69, 9.17) is 9.15 Å². The van der Waals surface area contributed by atoms with Gasteiger partial charge in [0, 0.05) is 39.8 Å². The minimum Gasteiger partial charge on any atom is -0.459 e. The number of nitrogens with one attached hydrogen (secondary N) is 1. The van der Waals surface area contributed by atoms with Crippen molar-refractivity contribution in [3.8, 4) is 0 Å². The highest BCUT2D eigenvalue weighted by Crippen LogP contribution is 2.16. The van der Waals surface area contributed by atoms with E-state index in [1.807, 2.05) is 6.07 Å². The van der Waals surface area contributed by atoms with E-state index in [0.717, 1.165) is 5.56 Å². The van der Waals surface area contributed by atoms with Gasteiger partial charge in [0.1, 0.15) is 6.61 Å². The molecule has 1 fully saturated rings. The number of piperazine rings is 1. The van der Waals surface area contributed by atoms with Crippen molar-refractivity contribution in [2.45, 2.75) is 19.3 Å². The predicted octanol–water partition coefficient (Wildman–Crippen LogP) is 3.51. The number of hydrogen-bond donors (Lipinski definition) is 1. The molecule has 0 saturated carbocycles. The maximum absolute atomic E-state index is 12.4. The summed E-state index contributed by atoms with van der Waals surface area (Å²) in [6, 6.07) is 10.5. The predicted molar refractivity (Wildman–Crippen MR) is 124 cm³/mol. The van der Waals surface area contributed by atoms with Gasteiger partial charge in [-0.15, -0.1) is 24.0 Å². The van der Waals surface area contributed by atoms with Crippen LogP contribution in [0.2, 0.25) is 0 Å². The van der Waals surface area contributed by atoms with Crippen LogP contribution in [0.25, 0.3) is 0 Å². The van der Waals surface area contributed by atoms with Crippen LogP contribution in [-0.4, -0.2) is 67.7 Å². The topological polar surface area (TPSA) is 70.3 Å². The fourth-order valence-electron chi connectivity index (χ4n) is 3.30. The highest BCUT2D eigenvalue weighted by Gasteiger charge is 2.27. The molecular formula is C21H26F3IN4O3. The molecule has 0 radical (unpaired) electrons. The summed E-state index contributed by atoms with van der Waals surface area (Å²) in [6.07, 6.45) is -2.86. The molecule has 1 aliphatic rings. The van der Waals surface area contributed by atoms with Crippen molar-refractivity contribution in [1.29, 1.82) is 0 Å². The first-order valence-corrected chi connectivity index (χ1v) is 9.86. The minimum atomic E-state index is -4.34. The molecule has 7 nitrogen and oxygen atoms in total.